The molecule has 0 bridgehead atoms. The first-order valence-corrected chi connectivity index (χ1v) is 6.00. The van der Waals surface area contributed by atoms with Crippen LogP contribution in [0.25, 0.3) is 0 Å². The lowest BCUT2D eigenvalue weighted by molar-refractivity contribution is -0.115. The highest BCUT2D eigenvalue weighted by Gasteiger charge is 2.00. The molecule has 0 fully saturated rings. The number of amides is 1. The Balaban J connectivity index is 3.07. The minimum atomic E-state index is -0.533. The van der Waals surface area contributed by atoms with E-state index in [0.29, 0.717) is 33.0 Å². The lowest BCUT2D eigenvalue weighted by Crippen LogP contribution is -2.17. The van der Waals surface area contributed by atoms with Crippen LogP contribution in [0.15, 0.2) is 12.2 Å². The van der Waals surface area contributed by atoms with Crippen LogP contribution in [-0.4, -0.2) is 57.3 Å². The number of hydrogen-bond donors (Lipinski definition) is 2. The van der Waals surface area contributed by atoms with Crippen molar-refractivity contribution in [3.63, 3.8) is 0 Å². The Bertz CT molecular complexity index is 233. The van der Waals surface area contributed by atoms with Crippen LogP contribution in [0, 0.1) is 0 Å². The fraction of sp³-hybridized carbons (Fsp3) is 0.750. The lowest BCUT2D eigenvalue weighted by Gasteiger charge is -2.06. The van der Waals surface area contributed by atoms with Gasteiger partial charge in [-0.25, -0.2) is 0 Å². The molecule has 18 heavy (non-hydrogen) atoms. The van der Waals surface area contributed by atoms with Gasteiger partial charge in [0.15, 0.2) is 0 Å². The number of ether oxygens (including phenoxy) is 3. The zero-order valence-corrected chi connectivity index (χ0v) is 10.7. The molecule has 1 amide bonds. The highest BCUT2D eigenvalue weighted by Crippen LogP contribution is 1.93. The molecule has 0 aliphatic carbocycles. The Morgan fingerprint density at radius 1 is 1.00 bits per heavy atom. The maximum absolute atomic E-state index is 10.6. The Morgan fingerprint density at radius 3 is 2.00 bits per heavy atom. The third-order valence-electron chi connectivity index (χ3n) is 2.02. The summed E-state index contributed by atoms with van der Waals surface area (Å²) in [6, 6.07) is 0. The van der Waals surface area contributed by atoms with Crippen LogP contribution in [0.1, 0.15) is 12.8 Å². The summed E-state index contributed by atoms with van der Waals surface area (Å²) in [5.41, 5.74) is 5.27. The van der Waals surface area contributed by atoms with Gasteiger partial charge < -0.3 is 25.1 Å². The number of rotatable bonds is 13. The van der Waals surface area contributed by atoms with E-state index in [4.69, 9.17) is 25.1 Å². The minimum Gasteiger partial charge on any atom is -0.394 e. The number of hydrogen-bond acceptors (Lipinski definition) is 5. The summed E-state index contributed by atoms with van der Waals surface area (Å²) in [7, 11) is 0. The van der Waals surface area contributed by atoms with E-state index < -0.39 is 5.91 Å². The molecule has 0 aromatic carbocycles. The van der Waals surface area contributed by atoms with Gasteiger partial charge in [0.1, 0.15) is 0 Å². The van der Waals surface area contributed by atoms with E-state index >= 15 is 0 Å². The first-order valence-electron chi connectivity index (χ1n) is 6.00. The zero-order valence-electron chi connectivity index (χ0n) is 10.7. The molecule has 0 heterocycles. The largest absolute Gasteiger partial charge is 0.394 e. The summed E-state index contributed by atoms with van der Waals surface area (Å²) in [6.07, 6.45) is 1.56. The predicted molar refractivity (Wildman–Crippen MR) is 67.1 cm³/mol. The van der Waals surface area contributed by atoms with Crippen LogP contribution < -0.4 is 5.73 Å². The number of nitrogens with two attached hydrogens (primary N) is 1. The number of carbonyl (C=O) groups is 1. The third kappa shape index (κ3) is 11.5. The minimum absolute atomic E-state index is 0.0504. The molecular formula is C12H23NO5. The average molecular weight is 261 g/mol. The first-order chi connectivity index (χ1) is 8.68. The second-order valence-electron chi connectivity index (χ2n) is 3.68. The van der Waals surface area contributed by atoms with E-state index in [9.17, 15) is 4.79 Å². The molecule has 0 atom stereocenters. The van der Waals surface area contributed by atoms with Crippen molar-refractivity contribution >= 4 is 5.91 Å². The molecule has 106 valence electrons. The van der Waals surface area contributed by atoms with Crippen molar-refractivity contribution < 1.29 is 24.1 Å². The van der Waals surface area contributed by atoms with E-state index in [2.05, 4.69) is 6.58 Å². The number of aliphatic hydroxyl groups is 1. The van der Waals surface area contributed by atoms with Gasteiger partial charge in [0.05, 0.1) is 19.8 Å². The number of primary amides is 1. The molecule has 0 saturated heterocycles. The Labute approximate surface area is 108 Å². The van der Waals surface area contributed by atoms with Crippen LogP contribution in [0.2, 0.25) is 0 Å². The fourth-order valence-electron chi connectivity index (χ4n) is 1.06. The monoisotopic (exact) mass is 261 g/mol. The van der Waals surface area contributed by atoms with Crippen LogP contribution in [-0.2, 0) is 19.0 Å². The summed E-state index contributed by atoms with van der Waals surface area (Å²) in [6.45, 7) is 6.39. The van der Waals surface area contributed by atoms with Gasteiger partial charge in [-0.05, 0) is 12.8 Å². The fourth-order valence-corrected chi connectivity index (χ4v) is 1.06. The highest BCUT2D eigenvalue weighted by molar-refractivity contribution is 5.91. The van der Waals surface area contributed by atoms with E-state index in [1.807, 2.05) is 0 Å². The van der Waals surface area contributed by atoms with Crippen molar-refractivity contribution in [2.45, 2.75) is 12.8 Å². The van der Waals surface area contributed by atoms with Crippen molar-refractivity contribution in [3.05, 3.63) is 12.2 Å². The molecule has 6 nitrogen and oxygen atoms in total. The maximum atomic E-state index is 10.6. The van der Waals surface area contributed by atoms with Crippen LogP contribution >= 0.6 is 0 Å². The lowest BCUT2D eigenvalue weighted by atomic mass is 10.3. The SMILES string of the molecule is C=C(COCCCOCCCOCCO)C(N)=O. The second kappa shape index (κ2) is 12.5. The molecule has 0 unspecified atom stereocenters. The Kier molecular flexibility index (Phi) is 11.8. The topological polar surface area (TPSA) is 91.0 Å². The smallest absolute Gasteiger partial charge is 0.246 e. The van der Waals surface area contributed by atoms with E-state index in [-0.39, 0.29) is 18.8 Å². The molecule has 6 heteroatoms. The molecule has 0 saturated carbocycles. The molecule has 0 aromatic heterocycles. The molecule has 0 spiro atoms. The van der Waals surface area contributed by atoms with Gasteiger partial charge in [0.2, 0.25) is 5.91 Å². The van der Waals surface area contributed by atoms with Crippen LogP contribution in [0.3, 0.4) is 0 Å². The van der Waals surface area contributed by atoms with Crippen LogP contribution in [0.4, 0.5) is 0 Å². The maximum Gasteiger partial charge on any atom is 0.246 e. The van der Waals surface area contributed by atoms with E-state index in [1.165, 1.54) is 0 Å². The standard InChI is InChI=1S/C12H23NO5/c1-11(12(13)15)10-18-8-3-6-16-5-2-7-17-9-4-14/h14H,1-10H2,(H2,13,15). The van der Waals surface area contributed by atoms with Gasteiger partial charge in [0, 0.05) is 32.0 Å². The number of carbonyl (C=O) groups excluding carboxylic acids is 1. The Hall–Kier alpha value is -0.950. The molecule has 0 radical (unpaired) electrons. The Morgan fingerprint density at radius 2 is 1.50 bits per heavy atom. The van der Waals surface area contributed by atoms with Crippen LogP contribution in [0.5, 0.6) is 0 Å². The van der Waals surface area contributed by atoms with Crippen molar-refractivity contribution in [1.82, 2.24) is 0 Å². The summed E-state index contributed by atoms with van der Waals surface area (Å²) >= 11 is 0. The molecule has 0 aliphatic rings. The van der Waals surface area contributed by atoms with Gasteiger partial charge in [-0.15, -0.1) is 0 Å². The van der Waals surface area contributed by atoms with Crippen molar-refractivity contribution in [1.29, 1.82) is 0 Å². The van der Waals surface area contributed by atoms with Gasteiger partial charge >= 0.3 is 0 Å². The quantitative estimate of drug-likeness (QED) is 0.355. The van der Waals surface area contributed by atoms with Gasteiger partial charge in [-0.2, -0.15) is 0 Å². The molecular weight excluding hydrogens is 238 g/mol. The van der Waals surface area contributed by atoms with Crippen molar-refractivity contribution in [2.75, 3.05) is 46.2 Å². The number of aliphatic hydroxyl groups excluding tert-OH is 1. The second-order valence-corrected chi connectivity index (χ2v) is 3.68. The van der Waals surface area contributed by atoms with Crippen molar-refractivity contribution in [3.8, 4) is 0 Å². The zero-order chi connectivity index (χ0) is 13.6. The average Bonchev–Trinajstić information content (AvgIpc) is 2.35. The van der Waals surface area contributed by atoms with E-state index in [1.54, 1.807) is 0 Å². The van der Waals surface area contributed by atoms with Gasteiger partial charge in [-0.3, -0.25) is 4.79 Å². The third-order valence-corrected chi connectivity index (χ3v) is 2.02. The summed E-state index contributed by atoms with van der Waals surface area (Å²) in [4.78, 5) is 10.6. The predicted octanol–water partition coefficient (Wildman–Crippen LogP) is -0.150. The van der Waals surface area contributed by atoms with Crippen molar-refractivity contribution in [2.24, 2.45) is 5.73 Å². The molecule has 0 aliphatic heterocycles. The molecule has 0 rings (SSSR count). The van der Waals surface area contributed by atoms with Gasteiger partial charge in [0.25, 0.3) is 0 Å². The summed E-state index contributed by atoms with van der Waals surface area (Å²) in [5, 5.41) is 8.46. The summed E-state index contributed by atoms with van der Waals surface area (Å²) in [5.74, 6) is -0.533. The first kappa shape index (κ1) is 17.1. The molecule has 3 N–H and O–H groups in total. The molecule has 0 aromatic rings. The normalized spacial score (nSPS) is 10.5. The van der Waals surface area contributed by atoms with E-state index in [0.717, 1.165) is 12.8 Å². The highest BCUT2D eigenvalue weighted by atomic mass is 16.5. The van der Waals surface area contributed by atoms with Gasteiger partial charge in [-0.1, -0.05) is 6.58 Å². The summed E-state index contributed by atoms with van der Waals surface area (Å²) < 4.78 is 15.6.